The summed E-state index contributed by atoms with van der Waals surface area (Å²) in [5, 5.41) is 0. The third-order valence-corrected chi connectivity index (χ3v) is 1.17. The van der Waals surface area contributed by atoms with Gasteiger partial charge in [-0.15, -0.1) is 0 Å². The van der Waals surface area contributed by atoms with Crippen LogP contribution < -0.4 is 0 Å². The molecule has 0 unspecified atom stereocenters. The van der Waals surface area contributed by atoms with E-state index in [-0.39, 0.29) is 0 Å². The van der Waals surface area contributed by atoms with Gasteiger partial charge in [0, 0.05) is 19.2 Å². The summed E-state index contributed by atoms with van der Waals surface area (Å²) in [6.07, 6.45) is 1.02. The molecule has 0 saturated heterocycles. The van der Waals surface area contributed by atoms with Crippen molar-refractivity contribution in [2.75, 3.05) is 0 Å². The Kier molecular flexibility index (Phi) is 1.85. The van der Waals surface area contributed by atoms with E-state index >= 15 is 0 Å². The minimum Gasteiger partial charge on any atom is -0.255 e. The molecule has 0 N–H and O–H groups in total. The lowest BCUT2D eigenvalue weighted by atomic mass is 10.2. The van der Waals surface area contributed by atoms with Crippen LogP contribution in [0.3, 0.4) is 0 Å². The summed E-state index contributed by atoms with van der Waals surface area (Å²) in [4.78, 5) is 3.32. The zero-order valence-electron chi connectivity index (χ0n) is 5.81. The van der Waals surface area contributed by atoms with Crippen LogP contribution in [0.5, 0.6) is 0 Å². The topological polar surface area (TPSA) is 12.9 Å². The monoisotopic (exact) mass is 161 g/mol. The summed E-state index contributed by atoms with van der Waals surface area (Å²) < 4.78 is 37.1. The summed E-state index contributed by atoms with van der Waals surface area (Å²) >= 11 is 0. The summed E-state index contributed by atoms with van der Waals surface area (Å²) in [6, 6.07) is 1.75. The van der Waals surface area contributed by atoms with Gasteiger partial charge in [0.1, 0.15) is 11.5 Å². The number of pyridine rings is 1. The van der Waals surface area contributed by atoms with Crippen molar-refractivity contribution in [3.05, 3.63) is 29.8 Å². The van der Waals surface area contributed by atoms with Gasteiger partial charge in [0.2, 0.25) is 0 Å². The molecular weight excluding hydrogens is 155 g/mol. The fraction of sp³-hybridized carbons (Fsp3) is 0.286. The van der Waals surface area contributed by atoms with E-state index in [0.717, 1.165) is 18.3 Å². The largest absolute Gasteiger partial charge is 0.287 e. The lowest BCUT2D eigenvalue weighted by Crippen LogP contribution is -2.09. The maximum Gasteiger partial charge on any atom is 0.287 e. The highest BCUT2D eigenvalue weighted by atomic mass is 19.3. The molecule has 0 aromatic carbocycles. The number of hydrogen-bond acceptors (Lipinski definition) is 1. The molecule has 0 aliphatic heterocycles. The zero-order valence-corrected chi connectivity index (χ0v) is 5.81. The van der Waals surface area contributed by atoms with E-state index in [4.69, 9.17) is 0 Å². The fourth-order valence-corrected chi connectivity index (χ4v) is 0.645. The minimum atomic E-state index is -3.07. The number of hydrogen-bond donors (Lipinski definition) is 0. The van der Waals surface area contributed by atoms with Crippen molar-refractivity contribution in [1.29, 1.82) is 0 Å². The third-order valence-electron chi connectivity index (χ3n) is 1.17. The third kappa shape index (κ3) is 1.93. The predicted molar refractivity (Wildman–Crippen MR) is 33.8 cm³/mol. The van der Waals surface area contributed by atoms with Gasteiger partial charge in [-0.2, -0.15) is 8.78 Å². The first kappa shape index (κ1) is 8.04. The van der Waals surface area contributed by atoms with Crippen LogP contribution in [0.1, 0.15) is 12.6 Å². The molecule has 11 heavy (non-hydrogen) atoms. The number of halogens is 3. The Morgan fingerprint density at radius 1 is 1.45 bits per heavy atom. The molecular formula is C7H6F3N. The van der Waals surface area contributed by atoms with Crippen LogP contribution >= 0.6 is 0 Å². The molecule has 0 fully saturated rings. The Labute approximate surface area is 61.9 Å². The van der Waals surface area contributed by atoms with Gasteiger partial charge in [0.05, 0.1) is 0 Å². The lowest BCUT2D eigenvalue weighted by Gasteiger charge is -2.07. The Morgan fingerprint density at radius 2 is 2.09 bits per heavy atom. The van der Waals surface area contributed by atoms with Gasteiger partial charge in [-0.3, -0.25) is 4.98 Å². The fourth-order valence-electron chi connectivity index (χ4n) is 0.645. The maximum absolute atomic E-state index is 12.4. The molecule has 60 valence electrons. The van der Waals surface area contributed by atoms with Crippen LogP contribution in [0, 0.1) is 5.82 Å². The van der Waals surface area contributed by atoms with Crippen LogP contribution in [-0.2, 0) is 5.92 Å². The van der Waals surface area contributed by atoms with Crippen molar-refractivity contribution in [2.24, 2.45) is 0 Å². The van der Waals surface area contributed by atoms with Gasteiger partial charge in [0.25, 0.3) is 5.92 Å². The van der Waals surface area contributed by atoms with E-state index in [1.54, 1.807) is 0 Å². The summed E-state index contributed by atoms with van der Waals surface area (Å²) in [7, 11) is 0. The highest BCUT2D eigenvalue weighted by Gasteiger charge is 2.25. The van der Waals surface area contributed by atoms with Gasteiger partial charge < -0.3 is 0 Å². The first-order valence-corrected chi connectivity index (χ1v) is 3.00. The number of rotatable bonds is 1. The predicted octanol–water partition coefficient (Wildman–Crippen LogP) is 2.33. The van der Waals surface area contributed by atoms with Gasteiger partial charge >= 0.3 is 0 Å². The molecule has 1 nitrogen and oxygen atoms in total. The van der Waals surface area contributed by atoms with Crippen LogP contribution in [0.2, 0.25) is 0 Å². The molecule has 0 saturated carbocycles. The number of nitrogens with zero attached hydrogens (tertiary/aromatic N) is 1. The second kappa shape index (κ2) is 2.53. The lowest BCUT2D eigenvalue weighted by molar-refractivity contribution is 0.0124. The summed E-state index contributed by atoms with van der Waals surface area (Å²) in [5.41, 5.74) is -0.544. The summed E-state index contributed by atoms with van der Waals surface area (Å²) in [5.74, 6) is -3.77. The molecule has 0 atom stereocenters. The summed E-state index contributed by atoms with van der Waals surface area (Å²) in [6.45, 7) is 0.675. The molecule has 0 aliphatic rings. The van der Waals surface area contributed by atoms with Gasteiger partial charge in [-0.1, -0.05) is 0 Å². The Hall–Kier alpha value is -1.06. The molecule has 1 aromatic rings. The zero-order chi connectivity index (χ0) is 8.48. The van der Waals surface area contributed by atoms with E-state index in [0.29, 0.717) is 6.92 Å². The Bertz CT molecular complexity index is 254. The average molecular weight is 161 g/mol. The molecule has 4 heteroatoms. The maximum atomic E-state index is 12.4. The second-order valence-corrected chi connectivity index (χ2v) is 2.25. The van der Waals surface area contributed by atoms with Crippen LogP contribution in [-0.4, -0.2) is 4.98 Å². The van der Waals surface area contributed by atoms with Crippen molar-refractivity contribution >= 4 is 0 Å². The molecule has 0 amide bonds. The molecule has 1 aromatic heterocycles. The standard InChI is InChI=1S/C7H6F3N/c1-7(9,10)6-4-5(8)2-3-11-6/h2-4H,1H3. The number of alkyl halides is 2. The quantitative estimate of drug-likeness (QED) is 0.616. The van der Waals surface area contributed by atoms with Gasteiger partial charge in [-0.25, -0.2) is 4.39 Å². The Morgan fingerprint density at radius 3 is 2.45 bits per heavy atom. The first-order valence-electron chi connectivity index (χ1n) is 3.00. The number of aromatic nitrogens is 1. The van der Waals surface area contributed by atoms with Crippen molar-refractivity contribution < 1.29 is 13.2 Å². The van der Waals surface area contributed by atoms with Crippen LogP contribution in [0.4, 0.5) is 13.2 Å². The molecule has 1 rings (SSSR count). The molecule has 1 heterocycles. The van der Waals surface area contributed by atoms with E-state index in [9.17, 15) is 13.2 Å². The van der Waals surface area contributed by atoms with Gasteiger partial charge in [-0.05, 0) is 6.07 Å². The average Bonchev–Trinajstić information content (AvgIpc) is 1.86. The molecule has 0 spiro atoms. The van der Waals surface area contributed by atoms with E-state index in [2.05, 4.69) is 4.98 Å². The highest BCUT2D eigenvalue weighted by Crippen LogP contribution is 2.24. The normalized spacial score (nSPS) is 11.6. The van der Waals surface area contributed by atoms with Crippen LogP contribution in [0.25, 0.3) is 0 Å². The van der Waals surface area contributed by atoms with Crippen molar-refractivity contribution in [3.8, 4) is 0 Å². The Balaban J connectivity index is 3.06. The van der Waals surface area contributed by atoms with E-state index < -0.39 is 17.4 Å². The van der Waals surface area contributed by atoms with E-state index in [1.807, 2.05) is 0 Å². The van der Waals surface area contributed by atoms with Crippen LogP contribution in [0.15, 0.2) is 18.3 Å². The molecule has 0 bridgehead atoms. The molecule has 0 aliphatic carbocycles. The second-order valence-electron chi connectivity index (χ2n) is 2.25. The van der Waals surface area contributed by atoms with Crippen molar-refractivity contribution in [1.82, 2.24) is 4.98 Å². The van der Waals surface area contributed by atoms with Gasteiger partial charge in [0.15, 0.2) is 0 Å². The van der Waals surface area contributed by atoms with Crippen molar-refractivity contribution in [3.63, 3.8) is 0 Å². The van der Waals surface area contributed by atoms with E-state index in [1.165, 1.54) is 0 Å². The van der Waals surface area contributed by atoms with Crippen molar-refractivity contribution in [2.45, 2.75) is 12.8 Å². The minimum absolute atomic E-state index is 0.544. The molecule has 0 radical (unpaired) electrons. The SMILES string of the molecule is CC(F)(F)c1cc(F)ccn1. The first-order chi connectivity index (χ1) is 5.00. The highest BCUT2D eigenvalue weighted by molar-refractivity contribution is 5.10. The smallest absolute Gasteiger partial charge is 0.255 e.